The van der Waals surface area contributed by atoms with Gasteiger partial charge in [0.25, 0.3) is 0 Å². The first-order valence-corrected chi connectivity index (χ1v) is 6.96. The number of nitrogens with zero attached hydrogens (tertiary/aromatic N) is 2. The van der Waals surface area contributed by atoms with E-state index in [4.69, 9.17) is 5.11 Å². The molecular formula is C18H11FN2O3. The van der Waals surface area contributed by atoms with Crippen molar-refractivity contribution >= 4 is 22.4 Å². The average molecular weight is 322 g/mol. The molecule has 0 aliphatic rings. The number of fused-ring (bicyclic) bond motifs is 1. The molecule has 5 nitrogen and oxygen atoms in total. The highest BCUT2D eigenvalue weighted by Gasteiger charge is 2.20. The standard InChI is InChI=1S/C18H11FN2O3/c19-11-5-7-12(8-6-11)21-10-15(13-3-1-2-4-16(13)21)14(9-20)17(22)18(23)24/h1-8,10,22H,(H,23,24)/b17-14-. The number of halogens is 1. The summed E-state index contributed by atoms with van der Waals surface area (Å²) in [6.07, 6.45) is 1.55. The van der Waals surface area contributed by atoms with Crippen LogP contribution in [-0.4, -0.2) is 20.7 Å². The quantitative estimate of drug-likeness (QED) is 0.438. The van der Waals surface area contributed by atoms with Gasteiger partial charge < -0.3 is 14.8 Å². The van der Waals surface area contributed by atoms with Crippen molar-refractivity contribution in [3.05, 3.63) is 71.9 Å². The van der Waals surface area contributed by atoms with Crippen molar-refractivity contribution in [2.45, 2.75) is 0 Å². The molecule has 2 aromatic carbocycles. The van der Waals surface area contributed by atoms with Crippen LogP contribution >= 0.6 is 0 Å². The van der Waals surface area contributed by atoms with Crippen molar-refractivity contribution in [3.8, 4) is 11.8 Å². The van der Waals surface area contributed by atoms with E-state index in [0.29, 0.717) is 16.6 Å². The molecule has 0 amide bonds. The fourth-order valence-corrected chi connectivity index (χ4v) is 2.54. The molecule has 0 saturated carbocycles. The summed E-state index contributed by atoms with van der Waals surface area (Å²) in [5.74, 6) is -2.97. The summed E-state index contributed by atoms with van der Waals surface area (Å²) in [5, 5.41) is 28.6. The van der Waals surface area contributed by atoms with Gasteiger partial charge in [-0.15, -0.1) is 0 Å². The first-order chi connectivity index (χ1) is 11.5. The van der Waals surface area contributed by atoms with Gasteiger partial charge in [0.2, 0.25) is 5.76 Å². The van der Waals surface area contributed by atoms with E-state index < -0.39 is 11.7 Å². The molecule has 3 aromatic rings. The van der Waals surface area contributed by atoms with Gasteiger partial charge in [-0.1, -0.05) is 18.2 Å². The first kappa shape index (κ1) is 15.3. The summed E-state index contributed by atoms with van der Waals surface area (Å²) < 4.78 is 14.8. The second kappa shape index (κ2) is 5.89. The Morgan fingerprint density at radius 1 is 1.08 bits per heavy atom. The largest absolute Gasteiger partial charge is 0.501 e. The lowest BCUT2D eigenvalue weighted by Crippen LogP contribution is -2.02. The average Bonchev–Trinajstić information content (AvgIpc) is 2.96. The molecule has 3 rings (SSSR count). The lowest BCUT2D eigenvalue weighted by Gasteiger charge is -2.04. The molecule has 1 heterocycles. The predicted octanol–water partition coefficient (Wildman–Crippen LogP) is 3.65. The number of allylic oxidation sites excluding steroid dienone is 1. The summed E-state index contributed by atoms with van der Waals surface area (Å²) in [7, 11) is 0. The molecule has 0 fully saturated rings. The smallest absolute Gasteiger partial charge is 0.372 e. The van der Waals surface area contributed by atoms with E-state index in [1.807, 2.05) is 0 Å². The molecule has 0 aliphatic heterocycles. The Morgan fingerprint density at radius 2 is 1.75 bits per heavy atom. The van der Waals surface area contributed by atoms with Gasteiger partial charge in [-0.2, -0.15) is 5.26 Å². The Labute approximate surface area is 136 Å². The molecule has 0 aliphatic carbocycles. The van der Waals surface area contributed by atoms with Gasteiger partial charge in [0.15, 0.2) is 0 Å². The van der Waals surface area contributed by atoms with Crippen LogP contribution in [-0.2, 0) is 4.79 Å². The number of aliphatic carboxylic acids is 1. The highest BCUT2D eigenvalue weighted by Crippen LogP contribution is 2.30. The second-order valence-electron chi connectivity index (χ2n) is 5.05. The van der Waals surface area contributed by atoms with Crippen molar-refractivity contribution in [1.29, 1.82) is 5.26 Å². The van der Waals surface area contributed by atoms with Gasteiger partial charge in [-0.05, 0) is 30.3 Å². The minimum absolute atomic E-state index is 0.289. The summed E-state index contributed by atoms with van der Waals surface area (Å²) in [5.41, 5.74) is 1.30. The van der Waals surface area contributed by atoms with Crippen LogP contribution in [0.5, 0.6) is 0 Å². The van der Waals surface area contributed by atoms with Crippen molar-refractivity contribution in [2.24, 2.45) is 0 Å². The Balaban J connectivity index is 2.32. The zero-order valence-corrected chi connectivity index (χ0v) is 12.3. The number of para-hydroxylation sites is 1. The van der Waals surface area contributed by atoms with Gasteiger partial charge in [-0.3, -0.25) is 0 Å². The number of hydrogen-bond acceptors (Lipinski definition) is 3. The molecule has 2 N–H and O–H groups in total. The van der Waals surface area contributed by atoms with Gasteiger partial charge in [0, 0.05) is 22.8 Å². The van der Waals surface area contributed by atoms with E-state index >= 15 is 0 Å². The van der Waals surface area contributed by atoms with Crippen LogP contribution in [0.2, 0.25) is 0 Å². The molecule has 118 valence electrons. The minimum Gasteiger partial charge on any atom is -0.501 e. The number of nitriles is 1. The molecule has 0 spiro atoms. The maximum absolute atomic E-state index is 13.1. The molecule has 0 atom stereocenters. The number of hydrogen-bond donors (Lipinski definition) is 2. The lowest BCUT2D eigenvalue weighted by atomic mass is 10.0. The Kier molecular flexibility index (Phi) is 3.76. The molecule has 0 bridgehead atoms. The normalized spacial score (nSPS) is 11.8. The number of aliphatic hydroxyl groups excluding tert-OH is 1. The lowest BCUT2D eigenvalue weighted by molar-refractivity contribution is -0.135. The molecular weight excluding hydrogens is 311 g/mol. The topological polar surface area (TPSA) is 86.2 Å². The first-order valence-electron chi connectivity index (χ1n) is 6.96. The number of aliphatic hydroxyl groups is 1. The van der Waals surface area contributed by atoms with Crippen LogP contribution in [0.1, 0.15) is 5.56 Å². The highest BCUT2D eigenvalue weighted by molar-refractivity contribution is 6.04. The third-order valence-electron chi connectivity index (χ3n) is 3.64. The van der Waals surface area contributed by atoms with Crippen molar-refractivity contribution < 1.29 is 19.4 Å². The maximum atomic E-state index is 13.1. The van der Waals surface area contributed by atoms with Crippen LogP contribution in [0.3, 0.4) is 0 Å². The Hall–Kier alpha value is -3.59. The van der Waals surface area contributed by atoms with E-state index in [-0.39, 0.29) is 17.0 Å². The van der Waals surface area contributed by atoms with Gasteiger partial charge in [-0.25, -0.2) is 9.18 Å². The fraction of sp³-hybridized carbons (Fsp3) is 0. The maximum Gasteiger partial charge on any atom is 0.372 e. The van der Waals surface area contributed by atoms with Crippen molar-refractivity contribution in [3.63, 3.8) is 0 Å². The van der Waals surface area contributed by atoms with Gasteiger partial charge >= 0.3 is 5.97 Å². The van der Waals surface area contributed by atoms with E-state index in [0.717, 1.165) is 0 Å². The van der Waals surface area contributed by atoms with E-state index in [1.54, 1.807) is 53.2 Å². The molecule has 24 heavy (non-hydrogen) atoms. The molecule has 0 unspecified atom stereocenters. The number of aromatic nitrogens is 1. The van der Waals surface area contributed by atoms with Crippen LogP contribution < -0.4 is 0 Å². The summed E-state index contributed by atoms with van der Waals surface area (Å²) in [6.45, 7) is 0. The number of rotatable bonds is 3. The van der Waals surface area contributed by atoms with Crippen molar-refractivity contribution in [1.82, 2.24) is 4.57 Å². The van der Waals surface area contributed by atoms with E-state index in [2.05, 4.69) is 0 Å². The number of benzene rings is 2. The number of carbonyl (C=O) groups is 1. The van der Waals surface area contributed by atoms with Crippen molar-refractivity contribution in [2.75, 3.05) is 0 Å². The van der Waals surface area contributed by atoms with Gasteiger partial charge in [0.05, 0.1) is 5.52 Å². The van der Waals surface area contributed by atoms with Crippen LogP contribution in [0, 0.1) is 17.1 Å². The third-order valence-corrected chi connectivity index (χ3v) is 3.64. The predicted molar refractivity (Wildman–Crippen MR) is 86.0 cm³/mol. The Bertz CT molecular complexity index is 1010. The number of carboxylic acid groups (broad SMARTS) is 1. The molecule has 0 radical (unpaired) electrons. The molecule has 1 aromatic heterocycles. The number of carboxylic acids is 1. The zero-order chi connectivity index (χ0) is 17.3. The van der Waals surface area contributed by atoms with Gasteiger partial charge in [0.1, 0.15) is 17.5 Å². The highest BCUT2D eigenvalue weighted by atomic mass is 19.1. The Morgan fingerprint density at radius 3 is 2.38 bits per heavy atom. The van der Waals surface area contributed by atoms with E-state index in [1.165, 1.54) is 12.1 Å². The SMILES string of the molecule is N#C/C(=C(/O)C(=O)O)c1cn(-c2ccc(F)cc2)c2ccccc12. The minimum atomic E-state index is -1.58. The van der Waals surface area contributed by atoms with Crippen LogP contribution in [0.4, 0.5) is 4.39 Å². The van der Waals surface area contributed by atoms with E-state index in [9.17, 15) is 19.6 Å². The molecule has 0 saturated heterocycles. The monoisotopic (exact) mass is 322 g/mol. The van der Waals surface area contributed by atoms with Crippen LogP contribution in [0.15, 0.2) is 60.5 Å². The summed E-state index contributed by atoms with van der Waals surface area (Å²) in [6, 6.07) is 14.5. The molecule has 6 heteroatoms. The summed E-state index contributed by atoms with van der Waals surface area (Å²) >= 11 is 0. The van der Waals surface area contributed by atoms with Crippen LogP contribution in [0.25, 0.3) is 22.2 Å². The zero-order valence-electron chi connectivity index (χ0n) is 12.3. The third kappa shape index (κ3) is 2.48. The second-order valence-corrected chi connectivity index (χ2v) is 5.05. The summed E-state index contributed by atoms with van der Waals surface area (Å²) in [4.78, 5) is 11.0. The fourth-order valence-electron chi connectivity index (χ4n) is 2.54.